The SMILES string of the molecule is C[C@H]1CCCC[C@H]1NC(=O)CN1C(=O)NC(c2ccccc2)(c2ccccc2)C1=O. The van der Waals surface area contributed by atoms with E-state index in [0.717, 1.165) is 24.2 Å². The van der Waals surface area contributed by atoms with Crippen LogP contribution >= 0.6 is 0 Å². The van der Waals surface area contributed by atoms with E-state index in [1.54, 1.807) is 0 Å². The van der Waals surface area contributed by atoms with Crippen LogP contribution in [-0.2, 0) is 15.1 Å². The van der Waals surface area contributed by atoms with Gasteiger partial charge in [-0.1, -0.05) is 80.4 Å². The zero-order valence-electron chi connectivity index (χ0n) is 17.1. The summed E-state index contributed by atoms with van der Waals surface area (Å²) >= 11 is 0. The first kappa shape index (κ1) is 20.1. The summed E-state index contributed by atoms with van der Waals surface area (Å²) in [6, 6.07) is 17.9. The monoisotopic (exact) mass is 405 g/mol. The van der Waals surface area contributed by atoms with Crippen molar-refractivity contribution in [2.24, 2.45) is 5.92 Å². The molecule has 1 aliphatic carbocycles. The highest BCUT2D eigenvalue weighted by Gasteiger charge is 2.54. The Balaban J connectivity index is 1.60. The summed E-state index contributed by atoms with van der Waals surface area (Å²) in [5.41, 5.74) is -0.00501. The summed E-state index contributed by atoms with van der Waals surface area (Å²) in [6.07, 6.45) is 4.28. The number of hydrogen-bond donors (Lipinski definition) is 2. The lowest BCUT2D eigenvalue weighted by molar-refractivity contribution is -0.134. The lowest BCUT2D eigenvalue weighted by atomic mass is 9.82. The molecule has 156 valence electrons. The van der Waals surface area contributed by atoms with Gasteiger partial charge in [-0.2, -0.15) is 0 Å². The molecule has 1 saturated heterocycles. The van der Waals surface area contributed by atoms with Crippen LogP contribution < -0.4 is 10.6 Å². The molecule has 1 saturated carbocycles. The summed E-state index contributed by atoms with van der Waals surface area (Å²) in [4.78, 5) is 40.2. The Morgan fingerprint density at radius 1 is 1.00 bits per heavy atom. The van der Waals surface area contributed by atoms with E-state index in [4.69, 9.17) is 0 Å². The number of carbonyl (C=O) groups excluding carboxylic acids is 3. The Hall–Kier alpha value is -3.15. The maximum atomic E-state index is 13.6. The number of nitrogens with zero attached hydrogens (tertiary/aromatic N) is 1. The van der Waals surface area contributed by atoms with Crippen molar-refractivity contribution in [1.82, 2.24) is 15.5 Å². The molecule has 2 atom stereocenters. The molecule has 2 aromatic rings. The summed E-state index contributed by atoms with van der Waals surface area (Å²) in [7, 11) is 0. The molecule has 0 aromatic heterocycles. The van der Waals surface area contributed by atoms with E-state index in [1.165, 1.54) is 6.42 Å². The lowest BCUT2D eigenvalue weighted by Gasteiger charge is -2.30. The summed E-state index contributed by atoms with van der Waals surface area (Å²) in [6.45, 7) is 1.85. The number of nitrogens with one attached hydrogen (secondary N) is 2. The van der Waals surface area contributed by atoms with Gasteiger partial charge in [-0.15, -0.1) is 0 Å². The van der Waals surface area contributed by atoms with Crippen LogP contribution in [-0.4, -0.2) is 35.3 Å². The number of imide groups is 1. The number of hydrogen-bond acceptors (Lipinski definition) is 3. The van der Waals surface area contributed by atoms with Crippen molar-refractivity contribution in [3.05, 3.63) is 71.8 Å². The van der Waals surface area contributed by atoms with Gasteiger partial charge in [0.05, 0.1) is 0 Å². The van der Waals surface area contributed by atoms with Crippen LogP contribution in [0.15, 0.2) is 60.7 Å². The van der Waals surface area contributed by atoms with Crippen LogP contribution in [0.2, 0.25) is 0 Å². The predicted molar refractivity (Wildman–Crippen MR) is 113 cm³/mol. The third-order valence-electron chi connectivity index (χ3n) is 6.28. The molecular formula is C24H27N3O3. The average Bonchev–Trinajstić information content (AvgIpc) is 3.02. The van der Waals surface area contributed by atoms with Gasteiger partial charge in [0, 0.05) is 6.04 Å². The quantitative estimate of drug-likeness (QED) is 0.750. The summed E-state index contributed by atoms with van der Waals surface area (Å²) in [5, 5.41) is 5.91. The molecule has 1 heterocycles. The summed E-state index contributed by atoms with van der Waals surface area (Å²) in [5.74, 6) is -0.329. The Morgan fingerprint density at radius 3 is 2.13 bits per heavy atom. The van der Waals surface area contributed by atoms with Crippen LogP contribution in [0.1, 0.15) is 43.7 Å². The molecular weight excluding hydrogens is 378 g/mol. The van der Waals surface area contributed by atoms with Crippen molar-refractivity contribution >= 4 is 17.8 Å². The van der Waals surface area contributed by atoms with Crippen molar-refractivity contribution in [1.29, 1.82) is 0 Å². The van der Waals surface area contributed by atoms with E-state index in [0.29, 0.717) is 17.0 Å². The zero-order valence-corrected chi connectivity index (χ0v) is 17.1. The zero-order chi connectivity index (χ0) is 21.1. The van der Waals surface area contributed by atoms with Gasteiger partial charge in [-0.05, 0) is 29.9 Å². The fourth-order valence-corrected chi connectivity index (χ4v) is 4.58. The van der Waals surface area contributed by atoms with Gasteiger partial charge in [-0.3, -0.25) is 14.5 Å². The molecule has 0 bridgehead atoms. The van der Waals surface area contributed by atoms with E-state index in [-0.39, 0.29) is 18.5 Å². The molecule has 2 aliphatic rings. The molecule has 4 amide bonds. The molecule has 4 rings (SSSR count). The first-order valence-corrected chi connectivity index (χ1v) is 10.6. The Bertz CT molecular complexity index is 890. The van der Waals surface area contributed by atoms with Crippen molar-refractivity contribution in [2.45, 2.75) is 44.2 Å². The van der Waals surface area contributed by atoms with E-state index >= 15 is 0 Å². The number of rotatable bonds is 5. The standard InChI is InChI=1S/C24H27N3O3/c1-17-10-8-9-15-20(17)25-21(28)16-27-22(29)24(26-23(27)30,18-11-4-2-5-12-18)19-13-6-3-7-14-19/h2-7,11-14,17,20H,8-10,15-16H2,1H3,(H,25,28)(H,26,30)/t17-,20+/m0/s1. The lowest BCUT2D eigenvalue weighted by Crippen LogP contribution is -2.48. The van der Waals surface area contributed by atoms with Crippen molar-refractivity contribution in [2.75, 3.05) is 6.54 Å². The van der Waals surface area contributed by atoms with Crippen LogP contribution in [0.5, 0.6) is 0 Å². The van der Waals surface area contributed by atoms with Gasteiger partial charge in [0.1, 0.15) is 6.54 Å². The largest absolute Gasteiger partial charge is 0.352 e. The van der Waals surface area contributed by atoms with Crippen molar-refractivity contribution in [3.8, 4) is 0 Å². The van der Waals surface area contributed by atoms with Crippen LogP contribution in [0.3, 0.4) is 0 Å². The molecule has 0 unspecified atom stereocenters. The molecule has 0 spiro atoms. The van der Waals surface area contributed by atoms with Crippen LogP contribution in [0.4, 0.5) is 4.79 Å². The normalized spacial score (nSPS) is 23.2. The fourth-order valence-electron chi connectivity index (χ4n) is 4.58. The minimum Gasteiger partial charge on any atom is -0.352 e. The highest BCUT2D eigenvalue weighted by Crippen LogP contribution is 2.35. The van der Waals surface area contributed by atoms with Gasteiger partial charge in [0.15, 0.2) is 5.54 Å². The maximum Gasteiger partial charge on any atom is 0.326 e. The number of amides is 4. The van der Waals surface area contributed by atoms with Crippen LogP contribution in [0, 0.1) is 5.92 Å². The van der Waals surface area contributed by atoms with E-state index in [9.17, 15) is 14.4 Å². The predicted octanol–water partition coefficient (Wildman–Crippen LogP) is 3.18. The molecule has 0 radical (unpaired) electrons. The van der Waals surface area contributed by atoms with Crippen molar-refractivity contribution < 1.29 is 14.4 Å². The highest BCUT2D eigenvalue weighted by molar-refractivity contribution is 6.11. The van der Waals surface area contributed by atoms with E-state index < -0.39 is 17.5 Å². The second-order valence-electron chi connectivity index (χ2n) is 8.24. The molecule has 2 fully saturated rings. The topological polar surface area (TPSA) is 78.5 Å². The van der Waals surface area contributed by atoms with Gasteiger partial charge in [0.25, 0.3) is 5.91 Å². The molecule has 1 aliphatic heterocycles. The molecule has 2 aromatic carbocycles. The second-order valence-corrected chi connectivity index (χ2v) is 8.24. The number of carbonyl (C=O) groups is 3. The third kappa shape index (κ3) is 3.58. The molecule has 30 heavy (non-hydrogen) atoms. The first-order valence-electron chi connectivity index (χ1n) is 10.6. The number of urea groups is 1. The van der Waals surface area contributed by atoms with Crippen molar-refractivity contribution in [3.63, 3.8) is 0 Å². The highest BCUT2D eigenvalue weighted by atomic mass is 16.2. The first-order chi connectivity index (χ1) is 14.5. The Morgan fingerprint density at radius 2 is 1.57 bits per heavy atom. The second kappa shape index (κ2) is 8.30. The molecule has 2 N–H and O–H groups in total. The summed E-state index contributed by atoms with van der Waals surface area (Å²) < 4.78 is 0. The molecule has 6 heteroatoms. The molecule has 6 nitrogen and oxygen atoms in total. The van der Waals surface area contributed by atoms with E-state index in [1.807, 2.05) is 60.7 Å². The number of benzene rings is 2. The Kier molecular flexibility index (Phi) is 5.57. The smallest absolute Gasteiger partial charge is 0.326 e. The van der Waals surface area contributed by atoms with E-state index in [2.05, 4.69) is 17.6 Å². The van der Waals surface area contributed by atoms with Gasteiger partial charge < -0.3 is 10.6 Å². The maximum absolute atomic E-state index is 13.6. The van der Waals surface area contributed by atoms with Gasteiger partial charge in [-0.25, -0.2) is 4.79 Å². The fraction of sp³-hybridized carbons (Fsp3) is 0.375. The van der Waals surface area contributed by atoms with Gasteiger partial charge >= 0.3 is 6.03 Å². The average molecular weight is 405 g/mol. The van der Waals surface area contributed by atoms with Crippen LogP contribution in [0.25, 0.3) is 0 Å². The van der Waals surface area contributed by atoms with Gasteiger partial charge in [0.2, 0.25) is 5.91 Å². The Labute approximate surface area is 176 Å². The third-order valence-corrected chi connectivity index (χ3v) is 6.28. The minimum absolute atomic E-state index is 0.0972. The minimum atomic E-state index is -1.34.